The Balaban J connectivity index is 3.19. The summed E-state index contributed by atoms with van der Waals surface area (Å²) in [5.74, 6) is -0.631. The molecule has 70 valence electrons. The van der Waals surface area contributed by atoms with Gasteiger partial charge in [0.05, 0.1) is 17.6 Å². The van der Waals surface area contributed by atoms with Crippen molar-refractivity contribution < 1.29 is 14.5 Å². The minimum atomic E-state index is -0.651. The summed E-state index contributed by atoms with van der Waals surface area (Å²) in [7, 11) is 6.54. The van der Waals surface area contributed by atoms with E-state index < -0.39 is 10.9 Å². The van der Waals surface area contributed by atoms with E-state index in [0.29, 0.717) is 0 Å². The molecule has 0 amide bonds. The quantitative estimate of drug-likeness (QED) is 0.289. The molecule has 2 radical (unpaired) electrons. The molecule has 1 aromatic rings. The highest BCUT2D eigenvalue weighted by atomic mass is 16.6. The van der Waals surface area contributed by atoms with Gasteiger partial charge in [-0.2, -0.15) is 0 Å². The van der Waals surface area contributed by atoms with E-state index >= 15 is 0 Å². The fraction of sp³-hybridized carbons (Fsp3) is 0.125. The number of nitro benzene ring substituents is 1. The maximum Gasteiger partial charge on any atom is 0.338 e. The zero-order valence-corrected chi connectivity index (χ0v) is 7.39. The highest BCUT2D eigenvalue weighted by Crippen LogP contribution is 2.10. The molecule has 0 saturated heterocycles. The highest BCUT2D eigenvalue weighted by Gasteiger charge is 2.14. The summed E-state index contributed by atoms with van der Waals surface area (Å²) in [4.78, 5) is 20.8. The monoisotopic (exact) mass is 191 g/mol. The van der Waals surface area contributed by atoms with Crippen LogP contribution in [-0.4, -0.2) is 25.8 Å². The van der Waals surface area contributed by atoms with Crippen LogP contribution in [0.1, 0.15) is 10.4 Å². The first kappa shape index (κ1) is 10.2. The van der Waals surface area contributed by atoms with Crippen LogP contribution in [0.5, 0.6) is 0 Å². The number of rotatable bonds is 2. The van der Waals surface area contributed by atoms with E-state index in [1.807, 2.05) is 0 Å². The Morgan fingerprint density at radius 3 is 2.71 bits per heavy atom. The molecule has 1 rings (SSSR count). The molecule has 1 aromatic carbocycles. The lowest BCUT2D eigenvalue weighted by molar-refractivity contribution is -0.383. The van der Waals surface area contributed by atoms with E-state index in [1.54, 1.807) is 0 Å². The van der Waals surface area contributed by atoms with Crippen LogP contribution in [0.2, 0.25) is 0 Å². The average molecular weight is 191 g/mol. The lowest BCUT2D eigenvalue weighted by Gasteiger charge is -2.00. The molecule has 0 aromatic heterocycles. The largest absolute Gasteiger partial charge is 0.465 e. The number of hydrogen-bond acceptors (Lipinski definition) is 4. The minimum absolute atomic E-state index is 0.0163. The van der Waals surface area contributed by atoms with Gasteiger partial charge in [-0.05, 0) is 11.5 Å². The molecular formula is C8H6BNO4. The fourth-order valence-electron chi connectivity index (χ4n) is 0.947. The normalized spacial score (nSPS) is 9.50. The van der Waals surface area contributed by atoms with Gasteiger partial charge < -0.3 is 4.74 Å². The molecule has 0 spiro atoms. The second-order valence-corrected chi connectivity index (χ2v) is 2.52. The number of benzene rings is 1. The molecule has 0 aliphatic rings. The van der Waals surface area contributed by atoms with Gasteiger partial charge >= 0.3 is 5.97 Å². The molecule has 14 heavy (non-hydrogen) atoms. The summed E-state index contributed by atoms with van der Waals surface area (Å²) in [6, 6.07) is 3.75. The van der Waals surface area contributed by atoms with Crippen LogP contribution in [0.4, 0.5) is 5.69 Å². The number of carbonyl (C=O) groups excluding carboxylic acids is 1. The molecule has 0 bridgehead atoms. The zero-order chi connectivity index (χ0) is 10.7. The maximum absolute atomic E-state index is 11.0. The van der Waals surface area contributed by atoms with Gasteiger partial charge in [0.25, 0.3) is 5.69 Å². The third-order valence-corrected chi connectivity index (χ3v) is 1.65. The standard InChI is InChI=1S/C8H6BNO4/c1-14-8(11)5-2-3-6(9)7(4-5)10(12)13/h2-4H,1H3. The highest BCUT2D eigenvalue weighted by molar-refractivity contribution is 6.35. The van der Waals surface area contributed by atoms with E-state index in [0.717, 1.165) is 6.07 Å². The number of esters is 1. The van der Waals surface area contributed by atoms with Crippen LogP contribution in [0.3, 0.4) is 0 Å². The van der Waals surface area contributed by atoms with Crippen molar-refractivity contribution in [3.05, 3.63) is 33.9 Å². The van der Waals surface area contributed by atoms with Crippen molar-refractivity contribution in [2.24, 2.45) is 0 Å². The molecule has 0 aliphatic heterocycles. The van der Waals surface area contributed by atoms with Crippen LogP contribution in [0.15, 0.2) is 18.2 Å². The SMILES string of the molecule is [B]c1ccc(C(=O)OC)cc1[N+](=O)[O-]. The Labute approximate surface area is 81.2 Å². The van der Waals surface area contributed by atoms with Crippen LogP contribution in [0, 0.1) is 10.1 Å². The molecule has 0 N–H and O–H groups in total. The Morgan fingerprint density at radius 1 is 1.57 bits per heavy atom. The van der Waals surface area contributed by atoms with Gasteiger partial charge in [-0.1, -0.05) is 6.07 Å². The number of hydrogen-bond donors (Lipinski definition) is 0. The lowest BCUT2D eigenvalue weighted by Crippen LogP contribution is -2.12. The summed E-state index contributed by atoms with van der Waals surface area (Å²) >= 11 is 0. The molecule has 0 atom stereocenters. The van der Waals surface area contributed by atoms with Gasteiger partial charge in [0, 0.05) is 6.07 Å². The number of methoxy groups -OCH3 is 1. The number of nitro groups is 1. The van der Waals surface area contributed by atoms with Crippen molar-refractivity contribution in [1.82, 2.24) is 0 Å². The molecule has 6 heteroatoms. The van der Waals surface area contributed by atoms with E-state index in [9.17, 15) is 14.9 Å². The van der Waals surface area contributed by atoms with Gasteiger partial charge in [-0.3, -0.25) is 10.1 Å². The van der Waals surface area contributed by atoms with E-state index in [-0.39, 0.29) is 16.7 Å². The number of carbonyl (C=O) groups is 1. The summed E-state index contributed by atoms with van der Waals surface area (Å²) in [6.07, 6.45) is 0. The predicted molar refractivity (Wildman–Crippen MR) is 49.8 cm³/mol. The second-order valence-electron chi connectivity index (χ2n) is 2.52. The van der Waals surface area contributed by atoms with Crippen molar-refractivity contribution in [2.75, 3.05) is 7.11 Å². The Kier molecular flexibility index (Phi) is 2.86. The number of nitrogens with zero attached hydrogens (tertiary/aromatic N) is 1. The lowest BCUT2D eigenvalue weighted by atomic mass is 9.93. The first-order valence-corrected chi connectivity index (χ1v) is 3.68. The average Bonchev–Trinajstić information content (AvgIpc) is 2.17. The van der Waals surface area contributed by atoms with Crippen molar-refractivity contribution in [3.8, 4) is 0 Å². The topological polar surface area (TPSA) is 69.4 Å². The molecule has 5 nitrogen and oxygen atoms in total. The summed E-state index contributed by atoms with van der Waals surface area (Å²) in [5, 5.41) is 10.5. The molecule has 0 fully saturated rings. The van der Waals surface area contributed by atoms with E-state index in [4.69, 9.17) is 7.85 Å². The molecule has 0 heterocycles. The van der Waals surface area contributed by atoms with Crippen molar-refractivity contribution >= 4 is 25.0 Å². The predicted octanol–water partition coefficient (Wildman–Crippen LogP) is 0.175. The van der Waals surface area contributed by atoms with Crippen molar-refractivity contribution in [1.29, 1.82) is 0 Å². The van der Waals surface area contributed by atoms with Crippen LogP contribution in [0.25, 0.3) is 0 Å². The first-order valence-electron chi connectivity index (χ1n) is 3.68. The summed E-state index contributed by atoms with van der Waals surface area (Å²) < 4.78 is 4.41. The third-order valence-electron chi connectivity index (χ3n) is 1.65. The van der Waals surface area contributed by atoms with Crippen LogP contribution >= 0.6 is 0 Å². The van der Waals surface area contributed by atoms with Gasteiger partial charge in [0.2, 0.25) is 0 Å². The molecule has 0 saturated carbocycles. The summed E-state index contributed by atoms with van der Waals surface area (Å²) in [6.45, 7) is 0. The summed E-state index contributed by atoms with van der Waals surface area (Å²) in [5.41, 5.74) is -0.177. The Bertz CT molecular complexity index is 391. The second kappa shape index (κ2) is 3.91. The third kappa shape index (κ3) is 1.90. The van der Waals surface area contributed by atoms with Gasteiger partial charge in [-0.25, -0.2) is 4.79 Å². The molecular weight excluding hydrogens is 185 g/mol. The number of ether oxygens (including phenoxy) is 1. The smallest absolute Gasteiger partial charge is 0.338 e. The van der Waals surface area contributed by atoms with Crippen LogP contribution in [-0.2, 0) is 4.74 Å². The zero-order valence-electron chi connectivity index (χ0n) is 7.39. The molecule has 0 aliphatic carbocycles. The first-order chi connectivity index (χ1) is 6.56. The van der Waals surface area contributed by atoms with E-state index in [1.165, 1.54) is 19.2 Å². The van der Waals surface area contributed by atoms with E-state index in [2.05, 4.69) is 4.74 Å². The van der Waals surface area contributed by atoms with Crippen molar-refractivity contribution in [3.63, 3.8) is 0 Å². The van der Waals surface area contributed by atoms with Crippen molar-refractivity contribution in [2.45, 2.75) is 0 Å². The molecule has 0 unspecified atom stereocenters. The van der Waals surface area contributed by atoms with Gasteiger partial charge in [0.15, 0.2) is 0 Å². The fourth-order valence-corrected chi connectivity index (χ4v) is 0.947. The maximum atomic E-state index is 11.0. The van der Waals surface area contributed by atoms with Gasteiger partial charge in [0.1, 0.15) is 7.85 Å². The van der Waals surface area contributed by atoms with Gasteiger partial charge in [-0.15, -0.1) is 0 Å². The van der Waals surface area contributed by atoms with Crippen LogP contribution < -0.4 is 5.46 Å². The Morgan fingerprint density at radius 2 is 2.21 bits per heavy atom. The minimum Gasteiger partial charge on any atom is -0.465 e. The Hall–Kier alpha value is -1.85.